The largest absolute Gasteiger partial charge is 0.454 e. The Morgan fingerprint density at radius 3 is 2.38 bits per heavy atom. The Morgan fingerprint density at radius 1 is 1.04 bits per heavy atom. The summed E-state index contributed by atoms with van der Waals surface area (Å²) >= 11 is 0. The number of aryl methyl sites for hydroxylation is 1. The van der Waals surface area contributed by atoms with Gasteiger partial charge in [0.2, 0.25) is 0 Å². The van der Waals surface area contributed by atoms with Gasteiger partial charge in [-0.15, -0.1) is 0 Å². The Kier molecular flexibility index (Phi) is 4.01. The van der Waals surface area contributed by atoms with Gasteiger partial charge in [-0.2, -0.15) is 0 Å². The summed E-state index contributed by atoms with van der Waals surface area (Å²) in [7, 11) is 0. The number of ether oxygens (including phenoxy) is 1. The molecule has 5 nitrogen and oxygen atoms in total. The third-order valence-electron chi connectivity index (χ3n) is 4.39. The van der Waals surface area contributed by atoms with Gasteiger partial charge in [0.1, 0.15) is 5.75 Å². The summed E-state index contributed by atoms with van der Waals surface area (Å²) in [6.45, 7) is 5.96. The highest BCUT2D eigenvalue weighted by Crippen LogP contribution is 2.34. The molecule has 1 atom stereocenters. The van der Waals surface area contributed by atoms with Crippen LogP contribution in [0.5, 0.6) is 5.75 Å². The molecule has 24 heavy (non-hydrogen) atoms. The van der Waals surface area contributed by atoms with Crippen molar-refractivity contribution < 1.29 is 14.3 Å². The maximum Gasteiger partial charge on any atom is 0.328 e. The van der Waals surface area contributed by atoms with Crippen LogP contribution in [-0.4, -0.2) is 23.4 Å². The molecule has 0 radical (unpaired) electrons. The van der Waals surface area contributed by atoms with Crippen molar-refractivity contribution in [3.05, 3.63) is 65.2 Å². The quantitative estimate of drug-likeness (QED) is 0.879. The first-order chi connectivity index (χ1) is 11.5. The lowest BCUT2D eigenvalue weighted by molar-refractivity contribution is -0.142. The van der Waals surface area contributed by atoms with Gasteiger partial charge in [-0.25, -0.2) is 4.79 Å². The molecule has 1 fully saturated rings. The summed E-state index contributed by atoms with van der Waals surface area (Å²) in [6.07, 6.45) is 0. The van der Waals surface area contributed by atoms with Crippen LogP contribution < -0.4 is 10.1 Å². The average molecular weight is 324 g/mol. The predicted molar refractivity (Wildman–Crippen MR) is 90.6 cm³/mol. The molecule has 0 bridgehead atoms. The number of amides is 3. The molecule has 3 amide bonds. The molecule has 1 heterocycles. The SMILES string of the molecule is CCN1C(=O)NC(Oc2cccc(C)c2C)(c2ccccc2)C1=O. The number of imide groups is 1. The lowest BCUT2D eigenvalue weighted by Crippen LogP contribution is -2.49. The van der Waals surface area contributed by atoms with E-state index < -0.39 is 17.7 Å². The van der Waals surface area contributed by atoms with Gasteiger partial charge in [-0.1, -0.05) is 42.5 Å². The minimum atomic E-state index is -1.53. The summed E-state index contributed by atoms with van der Waals surface area (Å²) in [5.74, 6) is 0.174. The van der Waals surface area contributed by atoms with Crippen molar-refractivity contribution in [2.45, 2.75) is 26.5 Å². The first-order valence-electron chi connectivity index (χ1n) is 7.94. The Hall–Kier alpha value is -2.82. The Morgan fingerprint density at radius 2 is 1.75 bits per heavy atom. The summed E-state index contributed by atoms with van der Waals surface area (Å²) < 4.78 is 6.15. The number of nitrogens with one attached hydrogen (secondary N) is 1. The zero-order chi connectivity index (χ0) is 17.3. The van der Waals surface area contributed by atoms with E-state index in [1.807, 2.05) is 44.2 Å². The molecule has 1 saturated heterocycles. The van der Waals surface area contributed by atoms with E-state index in [1.54, 1.807) is 25.1 Å². The van der Waals surface area contributed by atoms with Crippen LogP contribution in [0.15, 0.2) is 48.5 Å². The van der Waals surface area contributed by atoms with E-state index >= 15 is 0 Å². The van der Waals surface area contributed by atoms with E-state index in [4.69, 9.17) is 4.74 Å². The molecule has 0 spiro atoms. The monoisotopic (exact) mass is 324 g/mol. The summed E-state index contributed by atoms with van der Waals surface area (Å²) in [6, 6.07) is 14.3. The van der Waals surface area contributed by atoms with E-state index in [2.05, 4.69) is 5.32 Å². The second kappa shape index (κ2) is 6.00. The molecule has 2 aromatic carbocycles. The highest BCUT2D eigenvalue weighted by molar-refractivity contribution is 6.06. The fraction of sp³-hybridized carbons (Fsp3) is 0.263. The number of carbonyl (C=O) groups excluding carboxylic acids is 2. The van der Waals surface area contributed by atoms with E-state index in [-0.39, 0.29) is 6.54 Å². The van der Waals surface area contributed by atoms with Gasteiger partial charge in [0.25, 0.3) is 5.72 Å². The van der Waals surface area contributed by atoms with Crippen LogP contribution in [-0.2, 0) is 10.5 Å². The number of benzene rings is 2. The molecule has 5 heteroatoms. The fourth-order valence-corrected chi connectivity index (χ4v) is 2.84. The second-order valence-electron chi connectivity index (χ2n) is 5.83. The summed E-state index contributed by atoms with van der Waals surface area (Å²) in [4.78, 5) is 26.4. The van der Waals surface area contributed by atoms with Crippen molar-refractivity contribution >= 4 is 11.9 Å². The molecule has 0 aliphatic carbocycles. The molecule has 1 N–H and O–H groups in total. The number of rotatable bonds is 4. The number of hydrogen-bond acceptors (Lipinski definition) is 3. The van der Waals surface area contributed by atoms with Crippen molar-refractivity contribution in [1.29, 1.82) is 0 Å². The molecule has 124 valence electrons. The third-order valence-corrected chi connectivity index (χ3v) is 4.39. The Balaban J connectivity index is 2.12. The van der Waals surface area contributed by atoms with Gasteiger partial charge >= 0.3 is 11.9 Å². The van der Waals surface area contributed by atoms with Gasteiger partial charge in [0.15, 0.2) is 0 Å². The van der Waals surface area contributed by atoms with Gasteiger partial charge in [0, 0.05) is 12.1 Å². The topological polar surface area (TPSA) is 58.6 Å². The van der Waals surface area contributed by atoms with E-state index in [0.29, 0.717) is 11.3 Å². The van der Waals surface area contributed by atoms with Crippen molar-refractivity contribution in [3.8, 4) is 5.75 Å². The number of hydrogen-bond donors (Lipinski definition) is 1. The maximum atomic E-state index is 13.0. The van der Waals surface area contributed by atoms with Crippen molar-refractivity contribution in [3.63, 3.8) is 0 Å². The van der Waals surface area contributed by atoms with Crippen LogP contribution in [0.2, 0.25) is 0 Å². The zero-order valence-corrected chi connectivity index (χ0v) is 14.0. The van der Waals surface area contributed by atoms with Crippen molar-refractivity contribution in [1.82, 2.24) is 10.2 Å². The lowest BCUT2D eigenvalue weighted by Gasteiger charge is -2.29. The van der Waals surface area contributed by atoms with Crippen LogP contribution in [0.25, 0.3) is 0 Å². The molecular weight excluding hydrogens is 304 g/mol. The average Bonchev–Trinajstić information content (AvgIpc) is 2.83. The minimum Gasteiger partial charge on any atom is -0.454 e. The van der Waals surface area contributed by atoms with Crippen LogP contribution in [0.4, 0.5) is 4.79 Å². The van der Waals surface area contributed by atoms with Gasteiger partial charge in [0.05, 0.1) is 0 Å². The molecule has 0 saturated carbocycles. The smallest absolute Gasteiger partial charge is 0.328 e. The molecule has 3 rings (SSSR count). The number of carbonyl (C=O) groups is 2. The molecule has 2 aromatic rings. The second-order valence-corrected chi connectivity index (χ2v) is 5.83. The lowest BCUT2D eigenvalue weighted by atomic mass is 10.0. The number of urea groups is 1. The Labute approximate surface area is 141 Å². The highest BCUT2D eigenvalue weighted by atomic mass is 16.5. The Bertz CT molecular complexity index is 788. The van der Waals surface area contributed by atoms with E-state index in [1.165, 1.54) is 0 Å². The van der Waals surface area contributed by atoms with Gasteiger partial charge < -0.3 is 4.74 Å². The molecule has 1 aliphatic rings. The first kappa shape index (κ1) is 16.1. The fourth-order valence-electron chi connectivity index (χ4n) is 2.84. The summed E-state index contributed by atoms with van der Waals surface area (Å²) in [5.41, 5.74) is 1.05. The maximum absolute atomic E-state index is 13.0. The standard InChI is InChI=1S/C19H20N2O3/c1-4-21-17(22)19(20-18(21)23,15-10-6-5-7-11-15)24-16-12-8-9-13(2)14(16)3/h5-12H,4H2,1-3H3,(H,20,23). The minimum absolute atomic E-state index is 0.287. The first-order valence-corrected chi connectivity index (χ1v) is 7.94. The molecular formula is C19H20N2O3. The van der Waals surface area contributed by atoms with Crippen molar-refractivity contribution in [2.75, 3.05) is 6.54 Å². The number of nitrogens with zero attached hydrogens (tertiary/aromatic N) is 1. The molecule has 1 aliphatic heterocycles. The highest BCUT2D eigenvalue weighted by Gasteiger charge is 2.54. The van der Waals surface area contributed by atoms with Gasteiger partial charge in [-0.05, 0) is 38.0 Å². The van der Waals surface area contributed by atoms with Crippen LogP contribution in [0.3, 0.4) is 0 Å². The van der Waals surface area contributed by atoms with Crippen LogP contribution in [0.1, 0.15) is 23.6 Å². The van der Waals surface area contributed by atoms with Crippen LogP contribution >= 0.6 is 0 Å². The predicted octanol–water partition coefficient (Wildman–Crippen LogP) is 3.11. The normalized spacial score (nSPS) is 20.2. The van der Waals surface area contributed by atoms with Gasteiger partial charge in [-0.3, -0.25) is 15.0 Å². The van der Waals surface area contributed by atoms with E-state index in [9.17, 15) is 9.59 Å². The zero-order valence-electron chi connectivity index (χ0n) is 14.0. The molecule has 1 unspecified atom stereocenters. The molecule has 0 aromatic heterocycles. The van der Waals surface area contributed by atoms with Crippen molar-refractivity contribution in [2.24, 2.45) is 0 Å². The third kappa shape index (κ3) is 2.42. The van der Waals surface area contributed by atoms with Crippen LogP contribution in [0, 0.1) is 13.8 Å². The summed E-state index contributed by atoms with van der Waals surface area (Å²) in [5, 5.41) is 2.74. The number of likely N-dealkylation sites (N-methyl/N-ethyl adjacent to an activating group) is 1. The van der Waals surface area contributed by atoms with E-state index in [0.717, 1.165) is 16.0 Å².